The lowest BCUT2D eigenvalue weighted by Gasteiger charge is -2.14. The number of aryl methyl sites for hydroxylation is 1. The van der Waals surface area contributed by atoms with Crippen LogP contribution in [0.3, 0.4) is 0 Å². The number of aromatic nitrogens is 2. The molecule has 0 aliphatic carbocycles. The number of hydrogen-bond donors (Lipinski definition) is 3. The van der Waals surface area contributed by atoms with Crippen LogP contribution in [0.5, 0.6) is 5.75 Å². The molecule has 0 aliphatic heterocycles. The fourth-order valence-electron chi connectivity index (χ4n) is 2.78. The smallest absolute Gasteiger partial charge is 0.406 e. The number of benzene rings is 2. The van der Waals surface area contributed by atoms with E-state index in [1.165, 1.54) is 18.2 Å². The van der Waals surface area contributed by atoms with Gasteiger partial charge in [-0.3, -0.25) is 0 Å². The molecular formula is C21H20BrF3N4O2. The van der Waals surface area contributed by atoms with Crippen molar-refractivity contribution in [2.45, 2.75) is 19.7 Å². The first-order chi connectivity index (χ1) is 14.7. The van der Waals surface area contributed by atoms with E-state index in [1.807, 2.05) is 25.1 Å². The van der Waals surface area contributed by atoms with Gasteiger partial charge in [0.25, 0.3) is 0 Å². The number of ether oxygens (including phenoxy) is 1. The lowest BCUT2D eigenvalue weighted by molar-refractivity contribution is -0.274. The first-order valence-corrected chi connectivity index (χ1v) is 10.2. The summed E-state index contributed by atoms with van der Waals surface area (Å²) >= 11 is 3.42. The van der Waals surface area contributed by atoms with Crippen molar-refractivity contribution in [3.63, 3.8) is 0 Å². The number of halogens is 4. The maximum Gasteiger partial charge on any atom is 0.573 e. The van der Waals surface area contributed by atoms with Crippen molar-refractivity contribution in [2.75, 3.05) is 23.8 Å². The molecule has 1 aromatic heterocycles. The van der Waals surface area contributed by atoms with Crippen molar-refractivity contribution in [2.24, 2.45) is 0 Å². The molecule has 2 aromatic carbocycles. The first-order valence-electron chi connectivity index (χ1n) is 9.37. The SMILES string of the molecule is Cc1cc(Br)ccc1Nc1cc(-c2cccc(OC(F)(F)F)c2)nc(NCCCO)n1. The molecule has 3 rings (SSSR count). The van der Waals surface area contributed by atoms with Gasteiger partial charge in [-0.1, -0.05) is 28.1 Å². The predicted octanol–water partition coefficient (Wildman–Crippen LogP) is 5.65. The Morgan fingerprint density at radius 2 is 1.90 bits per heavy atom. The molecule has 0 saturated carbocycles. The number of nitrogens with one attached hydrogen (secondary N) is 2. The monoisotopic (exact) mass is 496 g/mol. The number of alkyl halides is 3. The minimum atomic E-state index is -4.78. The summed E-state index contributed by atoms with van der Waals surface area (Å²) in [6.07, 6.45) is -4.29. The Morgan fingerprint density at radius 3 is 2.61 bits per heavy atom. The Labute approximate surface area is 185 Å². The molecule has 0 fully saturated rings. The molecule has 0 radical (unpaired) electrons. The van der Waals surface area contributed by atoms with Crippen LogP contribution in [-0.4, -0.2) is 34.6 Å². The minimum absolute atomic E-state index is 0.00666. The highest BCUT2D eigenvalue weighted by molar-refractivity contribution is 9.10. The van der Waals surface area contributed by atoms with Crippen molar-refractivity contribution in [3.05, 3.63) is 58.6 Å². The van der Waals surface area contributed by atoms with Crippen LogP contribution in [0.15, 0.2) is 53.0 Å². The normalized spacial score (nSPS) is 11.3. The fourth-order valence-corrected chi connectivity index (χ4v) is 3.25. The van der Waals surface area contributed by atoms with E-state index in [0.29, 0.717) is 30.0 Å². The highest BCUT2D eigenvalue weighted by atomic mass is 79.9. The standard InChI is InChI=1S/C21H20BrF3N4O2/c1-13-10-15(22)6-7-17(13)27-19-12-18(28-20(29-19)26-8-3-9-30)14-4-2-5-16(11-14)31-21(23,24)25/h2,4-7,10-12,30H,3,8-9H2,1H3,(H2,26,27,28,29). The van der Waals surface area contributed by atoms with Gasteiger partial charge in [0.2, 0.25) is 5.95 Å². The van der Waals surface area contributed by atoms with E-state index in [9.17, 15) is 13.2 Å². The summed E-state index contributed by atoms with van der Waals surface area (Å²) in [5.74, 6) is 0.408. The van der Waals surface area contributed by atoms with Gasteiger partial charge in [0.05, 0.1) is 5.69 Å². The van der Waals surface area contributed by atoms with E-state index in [1.54, 1.807) is 12.1 Å². The van der Waals surface area contributed by atoms with Gasteiger partial charge in [0.1, 0.15) is 11.6 Å². The van der Waals surface area contributed by atoms with Gasteiger partial charge in [-0.25, -0.2) is 4.98 Å². The van der Waals surface area contributed by atoms with Gasteiger partial charge >= 0.3 is 6.36 Å². The highest BCUT2D eigenvalue weighted by Gasteiger charge is 2.31. The molecular weight excluding hydrogens is 477 g/mol. The highest BCUT2D eigenvalue weighted by Crippen LogP contribution is 2.30. The summed E-state index contributed by atoms with van der Waals surface area (Å²) in [5, 5.41) is 15.2. The van der Waals surface area contributed by atoms with Crippen molar-refractivity contribution >= 4 is 33.4 Å². The molecule has 6 nitrogen and oxygen atoms in total. The Bertz CT molecular complexity index is 1050. The van der Waals surface area contributed by atoms with Gasteiger partial charge in [0, 0.05) is 34.9 Å². The molecule has 10 heteroatoms. The molecule has 31 heavy (non-hydrogen) atoms. The maximum atomic E-state index is 12.6. The average Bonchev–Trinajstić information content (AvgIpc) is 2.69. The zero-order chi connectivity index (χ0) is 22.4. The summed E-state index contributed by atoms with van der Waals surface area (Å²) in [7, 11) is 0. The average molecular weight is 497 g/mol. The molecule has 0 aliphatic rings. The summed E-state index contributed by atoms with van der Waals surface area (Å²) in [6, 6.07) is 13.0. The third-order valence-corrected chi connectivity index (χ3v) is 4.65. The van der Waals surface area contributed by atoms with Gasteiger partial charge in [-0.2, -0.15) is 4.98 Å². The molecule has 0 bridgehead atoms. The summed E-state index contributed by atoms with van der Waals surface area (Å²) in [5.41, 5.74) is 2.64. The number of nitrogens with zero attached hydrogens (tertiary/aromatic N) is 2. The number of rotatable bonds is 8. The van der Waals surface area contributed by atoms with E-state index in [2.05, 4.69) is 41.3 Å². The van der Waals surface area contributed by atoms with Crippen LogP contribution in [0.4, 0.5) is 30.6 Å². The van der Waals surface area contributed by atoms with E-state index in [-0.39, 0.29) is 18.3 Å². The Kier molecular flexibility index (Phi) is 7.34. The van der Waals surface area contributed by atoms with E-state index in [4.69, 9.17) is 5.11 Å². The van der Waals surface area contributed by atoms with E-state index in [0.717, 1.165) is 15.7 Å². The predicted molar refractivity (Wildman–Crippen MR) is 117 cm³/mol. The van der Waals surface area contributed by atoms with Crippen LogP contribution in [0.1, 0.15) is 12.0 Å². The molecule has 0 unspecified atom stereocenters. The van der Waals surface area contributed by atoms with Crippen LogP contribution in [-0.2, 0) is 0 Å². The van der Waals surface area contributed by atoms with E-state index >= 15 is 0 Å². The van der Waals surface area contributed by atoms with Gasteiger partial charge < -0.3 is 20.5 Å². The van der Waals surface area contributed by atoms with Crippen LogP contribution >= 0.6 is 15.9 Å². The molecule has 0 amide bonds. The Morgan fingerprint density at radius 1 is 1.10 bits per heavy atom. The van der Waals surface area contributed by atoms with Crippen LogP contribution in [0.25, 0.3) is 11.3 Å². The molecule has 3 aromatic rings. The lowest BCUT2D eigenvalue weighted by atomic mass is 10.1. The van der Waals surface area contributed by atoms with Gasteiger partial charge in [-0.15, -0.1) is 13.2 Å². The summed E-state index contributed by atoms with van der Waals surface area (Å²) < 4.78 is 42.7. The van der Waals surface area contributed by atoms with Crippen molar-refractivity contribution in [1.29, 1.82) is 0 Å². The van der Waals surface area contributed by atoms with Crippen molar-refractivity contribution in [3.8, 4) is 17.0 Å². The van der Waals surface area contributed by atoms with Crippen LogP contribution in [0, 0.1) is 6.92 Å². The molecule has 0 spiro atoms. The second-order valence-corrected chi connectivity index (χ2v) is 7.54. The second kappa shape index (κ2) is 9.97. The molecule has 164 valence electrons. The van der Waals surface area contributed by atoms with E-state index < -0.39 is 6.36 Å². The second-order valence-electron chi connectivity index (χ2n) is 6.63. The fraction of sp³-hybridized carbons (Fsp3) is 0.238. The van der Waals surface area contributed by atoms with Crippen LogP contribution < -0.4 is 15.4 Å². The van der Waals surface area contributed by atoms with Crippen molar-refractivity contribution < 1.29 is 23.0 Å². The first kappa shape index (κ1) is 22.8. The largest absolute Gasteiger partial charge is 0.573 e. The lowest BCUT2D eigenvalue weighted by Crippen LogP contribution is -2.17. The number of aliphatic hydroxyl groups excluding tert-OH is 1. The topological polar surface area (TPSA) is 79.3 Å². The van der Waals surface area contributed by atoms with Crippen molar-refractivity contribution in [1.82, 2.24) is 9.97 Å². The quantitative estimate of drug-likeness (QED) is 0.349. The minimum Gasteiger partial charge on any atom is -0.406 e. The number of aliphatic hydroxyl groups is 1. The third-order valence-electron chi connectivity index (χ3n) is 4.16. The Hall–Kier alpha value is -2.85. The molecule has 3 N–H and O–H groups in total. The summed E-state index contributed by atoms with van der Waals surface area (Å²) in [6.45, 7) is 2.38. The number of hydrogen-bond acceptors (Lipinski definition) is 6. The third kappa shape index (κ3) is 6.83. The molecule has 0 atom stereocenters. The number of anilines is 3. The molecule has 1 heterocycles. The van der Waals surface area contributed by atoms with Gasteiger partial charge in [-0.05, 0) is 49.2 Å². The zero-order valence-corrected chi connectivity index (χ0v) is 18.1. The zero-order valence-electron chi connectivity index (χ0n) is 16.5. The molecule has 0 saturated heterocycles. The van der Waals surface area contributed by atoms with Crippen LogP contribution in [0.2, 0.25) is 0 Å². The summed E-state index contributed by atoms with van der Waals surface area (Å²) in [4.78, 5) is 8.84. The van der Waals surface area contributed by atoms with Gasteiger partial charge in [0.15, 0.2) is 0 Å². The Balaban J connectivity index is 1.96. The maximum absolute atomic E-state index is 12.6.